The number of rotatable bonds is 5. The number of halogens is 2. The minimum absolute atomic E-state index is 0.0216. The van der Waals surface area contributed by atoms with Crippen LogP contribution in [0.5, 0.6) is 0 Å². The van der Waals surface area contributed by atoms with Crippen molar-refractivity contribution in [2.24, 2.45) is 0 Å². The highest BCUT2D eigenvalue weighted by molar-refractivity contribution is 5.76. The van der Waals surface area contributed by atoms with Crippen LogP contribution in [0.1, 0.15) is 42.8 Å². The molecule has 0 bridgehead atoms. The molecule has 8 heteroatoms. The lowest BCUT2D eigenvalue weighted by Gasteiger charge is -2.22. The number of amides is 1. The lowest BCUT2D eigenvalue weighted by Crippen LogP contribution is -2.39. The molecule has 3 N–H and O–H groups in total. The third kappa shape index (κ3) is 5.26. The maximum Gasteiger partial charge on any atom is 0.407 e. The molecule has 1 aromatic carbocycles. The molecular weight excluding hydrogens is 312 g/mol. The van der Waals surface area contributed by atoms with Crippen LogP contribution in [0.2, 0.25) is 0 Å². The SMILES string of the molecule is CC(C)(C)OC(=O)NCC(O)C(O)c1ccc(F)c(C=O)c1F. The zero-order valence-corrected chi connectivity index (χ0v) is 13.0. The van der Waals surface area contributed by atoms with Crippen molar-refractivity contribution in [3.63, 3.8) is 0 Å². The molecule has 0 spiro atoms. The van der Waals surface area contributed by atoms with Crippen LogP contribution in [0, 0.1) is 11.6 Å². The van der Waals surface area contributed by atoms with Gasteiger partial charge in [-0.05, 0) is 26.8 Å². The van der Waals surface area contributed by atoms with Crippen LogP contribution in [0.3, 0.4) is 0 Å². The molecule has 23 heavy (non-hydrogen) atoms. The van der Waals surface area contributed by atoms with Gasteiger partial charge in [0.15, 0.2) is 6.29 Å². The van der Waals surface area contributed by atoms with Crippen molar-refractivity contribution < 1.29 is 33.3 Å². The molecule has 0 aliphatic heterocycles. The maximum atomic E-state index is 13.9. The van der Waals surface area contributed by atoms with Gasteiger partial charge in [0.2, 0.25) is 0 Å². The lowest BCUT2D eigenvalue weighted by atomic mass is 10.0. The van der Waals surface area contributed by atoms with Crippen molar-refractivity contribution in [1.29, 1.82) is 0 Å². The first-order valence-corrected chi connectivity index (χ1v) is 6.83. The van der Waals surface area contributed by atoms with Gasteiger partial charge < -0.3 is 20.3 Å². The van der Waals surface area contributed by atoms with E-state index in [2.05, 4.69) is 5.32 Å². The Morgan fingerprint density at radius 1 is 1.35 bits per heavy atom. The van der Waals surface area contributed by atoms with Gasteiger partial charge in [0.05, 0.1) is 5.56 Å². The summed E-state index contributed by atoms with van der Waals surface area (Å²) in [5.41, 5.74) is -2.03. The zero-order valence-electron chi connectivity index (χ0n) is 13.0. The van der Waals surface area contributed by atoms with E-state index < -0.39 is 53.2 Å². The molecule has 1 amide bonds. The summed E-state index contributed by atoms with van der Waals surface area (Å²) < 4.78 is 32.1. The number of alkyl carbamates (subject to hydrolysis) is 1. The van der Waals surface area contributed by atoms with Crippen LogP contribution in [-0.2, 0) is 4.74 Å². The molecule has 0 aromatic heterocycles. The van der Waals surface area contributed by atoms with E-state index in [1.54, 1.807) is 20.8 Å². The second-order valence-electron chi connectivity index (χ2n) is 5.88. The first-order chi connectivity index (χ1) is 10.6. The second kappa shape index (κ2) is 7.47. The van der Waals surface area contributed by atoms with Crippen molar-refractivity contribution in [1.82, 2.24) is 5.32 Å². The minimum atomic E-state index is -1.76. The normalized spacial score (nSPS) is 14.0. The number of ether oxygens (including phenoxy) is 1. The summed E-state index contributed by atoms with van der Waals surface area (Å²) in [6.07, 6.45) is -4.19. The number of aldehydes is 1. The third-order valence-corrected chi connectivity index (χ3v) is 2.81. The van der Waals surface area contributed by atoms with Crippen LogP contribution in [0.4, 0.5) is 13.6 Å². The molecule has 0 aliphatic rings. The largest absolute Gasteiger partial charge is 0.444 e. The van der Waals surface area contributed by atoms with Crippen LogP contribution in [-0.4, -0.2) is 40.8 Å². The summed E-state index contributed by atoms with van der Waals surface area (Å²) in [5, 5.41) is 21.9. The van der Waals surface area contributed by atoms with E-state index in [1.165, 1.54) is 0 Å². The van der Waals surface area contributed by atoms with E-state index in [9.17, 15) is 28.6 Å². The highest BCUT2D eigenvalue weighted by atomic mass is 19.1. The van der Waals surface area contributed by atoms with E-state index in [4.69, 9.17) is 4.74 Å². The number of aliphatic hydroxyl groups excluding tert-OH is 2. The molecule has 6 nitrogen and oxygen atoms in total. The van der Waals surface area contributed by atoms with Crippen molar-refractivity contribution in [3.05, 3.63) is 34.9 Å². The van der Waals surface area contributed by atoms with E-state index in [0.717, 1.165) is 12.1 Å². The molecule has 128 valence electrons. The molecule has 0 aliphatic carbocycles. The fourth-order valence-electron chi connectivity index (χ4n) is 1.74. The fraction of sp³-hybridized carbons (Fsp3) is 0.467. The number of nitrogens with one attached hydrogen (secondary N) is 1. The summed E-state index contributed by atoms with van der Waals surface area (Å²) in [6.45, 7) is 4.51. The summed E-state index contributed by atoms with van der Waals surface area (Å²) in [7, 11) is 0. The van der Waals surface area contributed by atoms with Crippen LogP contribution in [0.25, 0.3) is 0 Å². The van der Waals surface area contributed by atoms with Gasteiger partial charge in [0, 0.05) is 12.1 Å². The highest BCUT2D eigenvalue weighted by Crippen LogP contribution is 2.23. The second-order valence-corrected chi connectivity index (χ2v) is 5.88. The Morgan fingerprint density at radius 2 is 1.96 bits per heavy atom. The first-order valence-electron chi connectivity index (χ1n) is 6.83. The first kappa shape index (κ1) is 19.0. The minimum Gasteiger partial charge on any atom is -0.444 e. The molecule has 2 unspecified atom stereocenters. The number of carbonyl (C=O) groups is 2. The maximum absolute atomic E-state index is 13.9. The summed E-state index contributed by atoms with van der Waals surface area (Å²) >= 11 is 0. The molecular formula is C15H19F2NO5. The Hall–Kier alpha value is -2.06. The van der Waals surface area contributed by atoms with E-state index in [-0.39, 0.29) is 6.29 Å². The van der Waals surface area contributed by atoms with Crippen molar-refractivity contribution in [2.75, 3.05) is 6.54 Å². The van der Waals surface area contributed by atoms with Gasteiger partial charge in [0.25, 0.3) is 0 Å². The summed E-state index contributed by atoms with van der Waals surface area (Å²) in [5.74, 6) is -2.33. The monoisotopic (exact) mass is 331 g/mol. The van der Waals surface area contributed by atoms with Crippen LogP contribution >= 0.6 is 0 Å². The lowest BCUT2D eigenvalue weighted by molar-refractivity contribution is 0.0112. The van der Waals surface area contributed by atoms with E-state index >= 15 is 0 Å². The number of hydrogen-bond acceptors (Lipinski definition) is 5. The van der Waals surface area contributed by atoms with E-state index in [1.807, 2.05) is 0 Å². The smallest absolute Gasteiger partial charge is 0.407 e. The number of hydrogen-bond donors (Lipinski definition) is 3. The van der Waals surface area contributed by atoms with Crippen LogP contribution in [0.15, 0.2) is 12.1 Å². The number of aliphatic hydroxyl groups is 2. The van der Waals surface area contributed by atoms with Gasteiger partial charge in [-0.25, -0.2) is 13.6 Å². The van der Waals surface area contributed by atoms with Gasteiger partial charge in [0.1, 0.15) is 29.4 Å². The van der Waals surface area contributed by atoms with Crippen molar-refractivity contribution in [2.45, 2.75) is 38.6 Å². The number of benzene rings is 1. The molecule has 0 heterocycles. The van der Waals surface area contributed by atoms with Crippen LogP contribution < -0.4 is 5.32 Å². The molecule has 0 fully saturated rings. The van der Waals surface area contributed by atoms with Gasteiger partial charge >= 0.3 is 6.09 Å². The Morgan fingerprint density at radius 3 is 2.48 bits per heavy atom. The molecule has 1 aromatic rings. The van der Waals surface area contributed by atoms with E-state index in [0.29, 0.717) is 0 Å². The predicted octanol–water partition coefficient (Wildman–Crippen LogP) is 1.70. The standard InChI is InChI=1S/C15H19F2NO5/c1-15(2,3)23-14(22)18-6-11(20)13(21)8-4-5-10(16)9(7-19)12(8)17/h4-5,7,11,13,20-21H,6H2,1-3H3,(H,18,22). The van der Waals surface area contributed by atoms with Gasteiger partial charge in [-0.15, -0.1) is 0 Å². The number of carbonyl (C=O) groups excluding carboxylic acids is 2. The average molecular weight is 331 g/mol. The Balaban J connectivity index is 2.76. The molecule has 2 atom stereocenters. The molecule has 0 saturated heterocycles. The zero-order chi connectivity index (χ0) is 17.8. The van der Waals surface area contributed by atoms with Gasteiger partial charge in [-0.3, -0.25) is 4.79 Å². The Bertz CT molecular complexity index is 586. The Kier molecular flexibility index (Phi) is 6.17. The van der Waals surface area contributed by atoms with Gasteiger partial charge in [-0.2, -0.15) is 0 Å². The third-order valence-electron chi connectivity index (χ3n) is 2.81. The molecule has 0 saturated carbocycles. The molecule has 1 rings (SSSR count). The predicted molar refractivity (Wildman–Crippen MR) is 76.9 cm³/mol. The summed E-state index contributed by atoms with van der Waals surface area (Å²) in [4.78, 5) is 22.1. The Labute approximate surface area is 132 Å². The fourth-order valence-corrected chi connectivity index (χ4v) is 1.74. The molecule has 0 radical (unpaired) electrons. The van der Waals surface area contributed by atoms with Crippen molar-refractivity contribution >= 4 is 12.4 Å². The van der Waals surface area contributed by atoms with Gasteiger partial charge in [-0.1, -0.05) is 6.07 Å². The topological polar surface area (TPSA) is 95.9 Å². The average Bonchev–Trinajstić information content (AvgIpc) is 2.43. The summed E-state index contributed by atoms with van der Waals surface area (Å²) in [6, 6.07) is 1.72. The van der Waals surface area contributed by atoms with Crippen molar-refractivity contribution in [3.8, 4) is 0 Å². The highest BCUT2D eigenvalue weighted by Gasteiger charge is 2.25. The quantitative estimate of drug-likeness (QED) is 0.714.